The third-order valence-electron chi connectivity index (χ3n) is 2.84. The topological polar surface area (TPSA) is 128 Å². The molecule has 1 N–H and O–H groups in total. The number of anilines is 1. The largest absolute Gasteiger partial charge is 0.464 e. The average Bonchev–Trinajstić information content (AvgIpc) is 2.55. The molecule has 0 radical (unpaired) electrons. The number of pyridine rings is 1. The Morgan fingerprint density at radius 3 is 2.58 bits per heavy atom. The van der Waals surface area contributed by atoms with Crippen LogP contribution in [0.2, 0.25) is 5.15 Å². The maximum Gasteiger partial charge on any atom is 0.358 e. The van der Waals surface area contributed by atoms with Gasteiger partial charge in [-0.05, 0) is 18.2 Å². The number of hydrogen-bond donors (Lipinski definition) is 1. The number of ether oxygens (including phenoxy) is 1. The summed E-state index contributed by atoms with van der Waals surface area (Å²) >= 11 is 5.69. The number of hydrogen-bond acceptors (Lipinski definition) is 7. The zero-order valence-electron chi connectivity index (χ0n) is 12.1. The van der Waals surface area contributed by atoms with Crippen molar-refractivity contribution < 1.29 is 22.9 Å². The molecule has 11 heteroatoms. The van der Waals surface area contributed by atoms with Gasteiger partial charge in [-0.25, -0.2) is 18.2 Å². The fourth-order valence-electron chi connectivity index (χ4n) is 1.80. The van der Waals surface area contributed by atoms with Crippen LogP contribution >= 0.6 is 11.6 Å². The number of carbonyl (C=O) groups excluding carboxylic acids is 1. The highest BCUT2D eigenvalue weighted by Gasteiger charge is 2.27. The molecule has 0 spiro atoms. The lowest BCUT2D eigenvalue weighted by Crippen LogP contribution is -2.18. The van der Waals surface area contributed by atoms with Gasteiger partial charge in [-0.2, -0.15) is 0 Å². The number of rotatable bonds is 5. The highest BCUT2D eigenvalue weighted by molar-refractivity contribution is 7.92. The normalized spacial score (nSPS) is 10.9. The van der Waals surface area contributed by atoms with E-state index in [9.17, 15) is 23.3 Å². The van der Waals surface area contributed by atoms with Crippen molar-refractivity contribution >= 4 is 39.0 Å². The predicted octanol–water partition coefficient (Wildman–Crippen LogP) is 2.23. The Kier molecular flexibility index (Phi) is 5.00. The van der Waals surface area contributed by atoms with E-state index in [-0.39, 0.29) is 16.5 Å². The van der Waals surface area contributed by atoms with Gasteiger partial charge in [0, 0.05) is 6.07 Å². The monoisotopic (exact) mass is 371 g/mol. The second-order valence-corrected chi connectivity index (χ2v) is 6.39. The summed E-state index contributed by atoms with van der Waals surface area (Å²) in [5, 5.41) is 10.9. The van der Waals surface area contributed by atoms with E-state index >= 15 is 0 Å². The van der Waals surface area contributed by atoms with E-state index in [0.29, 0.717) is 0 Å². The Balaban J connectivity index is 2.52. The van der Waals surface area contributed by atoms with E-state index in [2.05, 4.69) is 14.4 Å². The van der Waals surface area contributed by atoms with Crippen molar-refractivity contribution in [3.63, 3.8) is 0 Å². The lowest BCUT2D eigenvalue weighted by atomic mass is 10.3. The predicted molar refractivity (Wildman–Crippen MR) is 84.5 cm³/mol. The van der Waals surface area contributed by atoms with E-state index in [1.54, 1.807) is 0 Å². The smallest absolute Gasteiger partial charge is 0.358 e. The van der Waals surface area contributed by atoms with Crippen molar-refractivity contribution in [1.29, 1.82) is 0 Å². The van der Waals surface area contributed by atoms with Crippen molar-refractivity contribution in [2.24, 2.45) is 0 Å². The number of nitrogens with zero attached hydrogens (tertiary/aromatic N) is 2. The Bertz CT molecular complexity index is 916. The second-order valence-electron chi connectivity index (χ2n) is 4.35. The van der Waals surface area contributed by atoms with Crippen LogP contribution in [0.4, 0.5) is 11.4 Å². The van der Waals surface area contributed by atoms with Gasteiger partial charge in [0.25, 0.3) is 15.7 Å². The van der Waals surface area contributed by atoms with Crippen LogP contribution in [-0.4, -0.2) is 31.4 Å². The molecule has 0 bridgehead atoms. The number of nitro benzene ring substituents is 1. The molecule has 0 amide bonds. The van der Waals surface area contributed by atoms with Crippen molar-refractivity contribution in [3.05, 3.63) is 57.4 Å². The molecule has 0 aliphatic heterocycles. The summed E-state index contributed by atoms with van der Waals surface area (Å²) in [7, 11) is -3.26. The number of benzene rings is 1. The Labute approximate surface area is 141 Å². The van der Waals surface area contributed by atoms with Crippen LogP contribution < -0.4 is 4.72 Å². The number of para-hydroxylation sites is 1. The minimum absolute atomic E-state index is 0.0518. The van der Waals surface area contributed by atoms with Gasteiger partial charge < -0.3 is 4.74 Å². The molecule has 126 valence electrons. The molecule has 0 aliphatic rings. The van der Waals surface area contributed by atoms with Crippen LogP contribution in [0, 0.1) is 10.1 Å². The zero-order valence-corrected chi connectivity index (χ0v) is 13.7. The van der Waals surface area contributed by atoms with Crippen molar-refractivity contribution in [3.8, 4) is 0 Å². The quantitative estimate of drug-likeness (QED) is 0.369. The van der Waals surface area contributed by atoms with Gasteiger partial charge in [0.15, 0.2) is 10.6 Å². The van der Waals surface area contributed by atoms with Gasteiger partial charge in [-0.3, -0.25) is 14.8 Å². The third-order valence-corrected chi connectivity index (χ3v) is 4.46. The second kappa shape index (κ2) is 6.81. The first-order valence-corrected chi connectivity index (χ1v) is 8.13. The van der Waals surface area contributed by atoms with Gasteiger partial charge in [-0.1, -0.05) is 23.7 Å². The molecule has 0 atom stereocenters. The highest BCUT2D eigenvalue weighted by atomic mass is 35.5. The third kappa shape index (κ3) is 3.60. The molecule has 1 aromatic heterocycles. The van der Waals surface area contributed by atoms with Crippen molar-refractivity contribution in [2.75, 3.05) is 11.8 Å². The van der Waals surface area contributed by atoms with E-state index in [4.69, 9.17) is 11.6 Å². The maximum atomic E-state index is 12.4. The molecule has 24 heavy (non-hydrogen) atoms. The van der Waals surface area contributed by atoms with Crippen LogP contribution in [-0.2, 0) is 14.8 Å². The van der Waals surface area contributed by atoms with Gasteiger partial charge in [0.1, 0.15) is 5.15 Å². The van der Waals surface area contributed by atoms with Gasteiger partial charge >= 0.3 is 5.97 Å². The number of methoxy groups -OCH3 is 1. The summed E-state index contributed by atoms with van der Waals surface area (Å²) in [5.74, 6) is -0.919. The summed E-state index contributed by atoms with van der Waals surface area (Å²) in [6.45, 7) is 0. The van der Waals surface area contributed by atoms with E-state index in [1.807, 2.05) is 0 Å². The minimum atomic E-state index is -4.35. The molecule has 2 rings (SSSR count). The number of carbonyl (C=O) groups is 1. The van der Waals surface area contributed by atoms with E-state index in [0.717, 1.165) is 19.2 Å². The zero-order chi connectivity index (χ0) is 17.9. The maximum absolute atomic E-state index is 12.4. The van der Waals surface area contributed by atoms with Crippen molar-refractivity contribution in [1.82, 2.24) is 4.98 Å². The number of sulfonamides is 1. The molecule has 0 saturated heterocycles. The molecule has 0 fully saturated rings. The summed E-state index contributed by atoms with van der Waals surface area (Å²) in [6, 6.07) is 7.25. The first-order chi connectivity index (χ1) is 11.3. The average molecular weight is 372 g/mol. The number of nitro groups is 1. The molecule has 1 aromatic carbocycles. The Morgan fingerprint density at radius 1 is 1.29 bits per heavy atom. The fourth-order valence-corrected chi connectivity index (χ4v) is 3.19. The van der Waals surface area contributed by atoms with E-state index in [1.165, 1.54) is 24.3 Å². The lowest BCUT2D eigenvalue weighted by molar-refractivity contribution is -0.387. The van der Waals surface area contributed by atoms with Gasteiger partial charge in [0.2, 0.25) is 0 Å². The van der Waals surface area contributed by atoms with Gasteiger partial charge in [0.05, 0.1) is 17.7 Å². The summed E-state index contributed by atoms with van der Waals surface area (Å²) in [5.41, 5.74) is -1.19. The highest BCUT2D eigenvalue weighted by Crippen LogP contribution is 2.27. The van der Waals surface area contributed by atoms with Gasteiger partial charge in [-0.15, -0.1) is 0 Å². The van der Waals surface area contributed by atoms with Crippen LogP contribution in [0.5, 0.6) is 0 Å². The number of nitrogens with one attached hydrogen (secondary N) is 1. The summed E-state index contributed by atoms with van der Waals surface area (Å²) in [4.78, 5) is 25.0. The number of aromatic nitrogens is 1. The van der Waals surface area contributed by atoms with Crippen LogP contribution in [0.15, 0.2) is 41.3 Å². The molecular weight excluding hydrogens is 362 g/mol. The van der Waals surface area contributed by atoms with Crippen molar-refractivity contribution in [2.45, 2.75) is 4.90 Å². The molecule has 0 unspecified atom stereocenters. The molecule has 1 heterocycles. The van der Waals surface area contributed by atoms with Crippen LogP contribution in [0.3, 0.4) is 0 Å². The van der Waals surface area contributed by atoms with E-state index < -0.39 is 31.5 Å². The standard InChI is InChI=1S/C13H10ClN3O6S/c1-23-13(18)12-8(6-7-11(14)15-12)16-24(21,22)10-5-3-2-4-9(10)17(19)20/h2-7,16H,1H3. The summed E-state index contributed by atoms with van der Waals surface area (Å²) in [6.07, 6.45) is 0. The SMILES string of the molecule is COC(=O)c1nc(Cl)ccc1NS(=O)(=O)c1ccccc1[N+](=O)[O-]. The molecular formula is C13H10ClN3O6S. The molecule has 2 aromatic rings. The Morgan fingerprint density at radius 2 is 1.96 bits per heavy atom. The first-order valence-electron chi connectivity index (χ1n) is 6.27. The molecule has 9 nitrogen and oxygen atoms in total. The lowest BCUT2D eigenvalue weighted by Gasteiger charge is -2.11. The van der Waals surface area contributed by atoms with Crippen LogP contribution in [0.25, 0.3) is 0 Å². The summed E-state index contributed by atoms with van der Waals surface area (Å²) < 4.78 is 31.5. The fraction of sp³-hybridized carbons (Fsp3) is 0.0769. The first kappa shape index (κ1) is 17.6. The molecule has 0 saturated carbocycles. The molecule has 0 aliphatic carbocycles. The Hall–Kier alpha value is -2.72. The van der Waals surface area contributed by atoms with Crippen LogP contribution in [0.1, 0.15) is 10.5 Å². The number of halogens is 1. The number of esters is 1. The minimum Gasteiger partial charge on any atom is -0.464 e.